The molecule has 0 spiro atoms. The highest BCUT2D eigenvalue weighted by atomic mass is 35.5. The van der Waals surface area contributed by atoms with Gasteiger partial charge in [-0.15, -0.1) is 0 Å². The van der Waals surface area contributed by atoms with E-state index in [1.807, 2.05) is 6.07 Å². The Morgan fingerprint density at radius 1 is 1.53 bits per heavy atom. The zero-order valence-corrected chi connectivity index (χ0v) is 11.7. The standard InChI is InChI=1S/C13H19ClN2O3/c1-16(6-7-17)10-13(18)15-5-8-19-12-4-2-3-11(14)9-12/h2-4,9,17H,5-8,10H2,1H3,(H,15,18). The van der Waals surface area contributed by atoms with E-state index in [4.69, 9.17) is 21.4 Å². The predicted octanol–water partition coefficient (Wildman–Crippen LogP) is 0.759. The molecule has 0 heterocycles. The van der Waals surface area contributed by atoms with Crippen LogP contribution in [0.4, 0.5) is 0 Å². The third-order valence-corrected chi connectivity index (χ3v) is 2.62. The summed E-state index contributed by atoms with van der Waals surface area (Å²) < 4.78 is 5.44. The molecule has 0 aliphatic rings. The Hall–Kier alpha value is -1.30. The van der Waals surface area contributed by atoms with Crippen molar-refractivity contribution in [2.75, 3.05) is 39.9 Å². The lowest BCUT2D eigenvalue weighted by Crippen LogP contribution is -2.38. The molecule has 1 aromatic rings. The average Bonchev–Trinajstić information content (AvgIpc) is 2.35. The van der Waals surface area contributed by atoms with Gasteiger partial charge in [-0.1, -0.05) is 17.7 Å². The highest BCUT2D eigenvalue weighted by Gasteiger charge is 2.05. The number of likely N-dealkylation sites (N-methyl/N-ethyl adjacent to an activating group) is 1. The van der Waals surface area contributed by atoms with Crippen LogP contribution in [0.2, 0.25) is 5.02 Å². The Morgan fingerprint density at radius 3 is 3.00 bits per heavy atom. The fourth-order valence-corrected chi connectivity index (χ4v) is 1.65. The first kappa shape index (κ1) is 15.8. The van der Waals surface area contributed by atoms with Crippen molar-refractivity contribution in [2.24, 2.45) is 0 Å². The second-order valence-corrected chi connectivity index (χ2v) is 4.55. The fraction of sp³-hybridized carbons (Fsp3) is 0.462. The van der Waals surface area contributed by atoms with Crippen molar-refractivity contribution >= 4 is 17.5 Å². The van der Waals surface area contributed by atoms with Crippen LogP contribution in [-0.2, 0) is 4.79 Å². The number of carbonyl (C=O) groups is 1. The molecular formula is C13H19ClN2O3. The highest BCUT2D eigenvalue weighted by Crippen LogP contribution is 2.16. The number of amides is 1. The van der Waals surface area contributed by atoms with Crippen LogP contribution < -0.4 is 10.1 Å². The lowest BCUT2D eigenvalue weighted by atomic mass is 10.3. The molecule has 19 heavy (non-hydrogen) atoms. The van der Waals surface area contributed by atoms with E-state index in [2.05, 4.69) is 5.32 Å². The summed E-state index contributed by atoms with van der Waals surface area (Å²) in [5.74, 6) is 0.588. The van der Waals surface area contributed by atoms with Crippen LogP contribution in [0, 0.1) is 0 Å². The van der Waals surface area contributed by atoms with E-state index in [-0.39, 0.29) is 19.1 Å². The van der Waals surface area contributed by atoms with Crippen LogP contribution in [-0.4, -0.2) is 55.8 Å². The number of hydrogen-bond acceptors (Lipinski definition) is 4. The van der Waals surface area contributed by atoms with Gasteiger partial charge in [0.25, 0.3) is 0 Å². The van der Waals surface area contributed by atoms with Gasteiger partial charge >= 0.3 is 0 Å². The molecule has 0 atom stereocenters. The predicted molar refractivity (Wildman–Crippen MR) is 74.5 cm³/mol. The normalized spacial score (nSPS) is 10.5. The molecule has 0 radical (unpaired) electrons. The van der Waals surface area contributed by atoms with E-state index in [0.717, 1.165) is 0 Å². The SMILES string of the molecule is CN(CCO)CC(=O)NCCOc1cccc(Cl)c1. The summed E-state index contributed by atoms with van der Waals surface area (Å²) >= 11 is 5.82. The van der Waals surface area contributed by atoms with Gasteiger partial charge in [0.05, 0.1) is 19.7 Å². The van der Waals surface area contributed by atoms with Crippen LogP contribution in [0.5, 0.6) is 5.75 Å². The molecule has 0 aliphatic heterocycles. The number of nitrogens with one attached hydrogen (secondary N) is 1. The summed E-state index contributed by atoms with van der Waals surface area (Å²) in [4.78, 5) is 13.2. The maximum absolute atomic E-state index is 11.5. The van der Waals surface area contributed by atoms with Gasteiger partial charge in [0, 0.05) is 11.6 Å². The number of ether oxygens (including phenoxy) is 1. The molecule has 106 valence electrons. The third-order valence-electron chi connectivity index (χ3n) is 2.38. The minimum Gasteiger partial charge on any atom is -0.492 e. The number of benzene rings is 1. The zero-order valence-electron chi connectivity index (χ0n) is 10.9. The Morgan fingerprint density at radius 2 is 2.32 bits per heavy atom. The highest BCUT2D eigenvalue weighted by molar-refractivity contribution is 6.30. The lowest BCUT2D eigenvalue weighted by Gasteiger charge is -2.14. The number of hydrogen-bond donors (Lipinski definition) is 2. The first-order valence-corrected chi connectivity index (χ1v) is 6.44. The summed E-state index contributed by atoms with van der Waals surface area (Å²) in [6.45, 7) is 1.60. The van der Waals surface area contributed by atoms with Crippen molar-refractivity contribution < 1.29 is 14.6 Å². The molecule has 2 N–H and O–H groups in total. The molecule has 5 nitrogen and oxygen atoms in total. The largest absolute Gasteiger partial charge is 0.492 e. The molecule has 1 amide bonds. The average molecular weight is 287 g/mol. The van der Waals surface area contributed by atoms with Crippen molar-refractivity contribution in [3.8, 4) is 5.75 Å². The van der Waals surface area contributed by atoms with E-state index in [1.165, 1.54) is 0 Å². The summed E-state index contributed by atoms with van der Waals surface area (Å²) in [5, 5.41) is 12.1. The summed E-state index contributed by atoms with van der Waals surface area (Å²) in [6, 6.07) is 7.11. The Kier molecular flexibility index (Phi) is 7.25. The molecular weight excluding hydrogens is 268 g/mol. The number of rotatable bonds is 8. The number of aliphatic hydroxyl groups excluding tert-OH is 1. The molecule has 0 aromatic heterocycles. The van der Waals surface area contributed by atoms with Crippen molar-refractivity contribution in [3.05, 3.63) is 29.3 Å². The van der Waals surface area contributed by atoms with E-state index in [9.17, 15) is 4.79 Å². The van der Waals surface area contributed by atoms with Gasteiger partial charge in [0.1, 0.15) is 12.4 Å². The zero-order chi connectivity index (χ0) is 14.1. The van der Waals surface area contributed by atoms with E-state index in [1.54, 1.807) is 30.1 Å². The maximum Gasteiger partial charge on any atom is 0.234 e. The minimum absolute atomic E-state index is 0.0433. The van der Waals surface area contributed by atoms with Crippen molar-refractivity contribution in [3.63, 3.8) is 0 Å². The van der Waals surface area contributed by atoms with Crippen molar-refractivity contribution in [2.45, 2.75) is 0 Å². The summed E-state index contributed by atoms with van der Waals surface area (Å²) in [6.07, 6.45) is 0. The van der Waals surface area contributed by atoms with Gasteiger partial charge in [-0.3, -0.25) is 9.69 Å². The molecule has 1 rings (SSSR count). The van der Waals surface area contributed by atoms with Crippen LogP contribution >= 0.6 is 11.6 Å². The second-order valence-electron chi connectivity index (χ2n) is 4.12. The fourth-order valence-electron chi connectivity index (χ4n) is 1.47. The van der Waals surface area contributed by atoms with Gasteiger partial charge in [-0.05, 0) is 25.2 Å². The summed E-state index contributed by atoms with van der Waals surface area (Å²) in [7, 11) is 1.78. The van der Waals surface area contributed by atoms with E-state index >= 15 is 0 Å². The van der Waals surface area contributed by atoms with E-state index < -0.39 is 0 Å². The van der Waals surface area contributed by atoms with Crippen molar-refractivity contribution in [1.82, 2.24) is 10.2 Å². The molecule has 0 unspecified atom stereocenters. The quantitative estimate of drug-likeness (QED) is 0.693. The van der Waals surface area contributed by atoms with Gasteiger partial charge < -0.3 is 15.2 Å². The van der Waals surface area contributed by atoms with Crippen molar-refractivity contribution in [1.29, 1.82) is 0 Å². The number of nitrogens with zero attached hydrogens (tertiary/aromatic N) is 1. The minimum atomic E-state index is -0.0920. The number of aliphatic hydroxyl groups is 1. The lowest BCUT2D eigenvalue weighted by molar-refractivity contribution is -0.122. The van der Waals surface area contributed by atoms with Crippen LogP contribution in [0.25, 0.3) is 0 Å². The first-order valence-electron chi connectivity index (χ1n) is 6.06. The Labute approximate surface area is 118 Å². The Balaban J connectivity index is 2.15. The third kappa shape index (κ3) is 7.00. The second kappa shape index (κ2) is 8.74. The van der Waals surface area contributed by atoms with Gasteiger partial charge in [0.15, 0.2) is 0 Å². The van der Waals surface area contributed by atoms with Crippen LogP contribution in [0.15, 0.2) is 24.3 Å². The van der Waals surface area contributed by atoms with Gasteiger partial charge in [0.2, 0.25) is 5.91 Å². The van der Waals surface area contributed by atoms with Crippen LogP contribution in [0.3, 0.4) is 0 Å². The smallest absolute Gasteiger partial charge is 0.234 e. The monoisotopic (exact) mass is 286 g/mol. The number of halogens is 1. The van der Waals surface area contributed by atoms with E-state index in [0.29, 0.717) is 30.5 Å². The Bertz CT molecular complexity index is 401. The molecule has 1 aromatic carbocycles. The molecule has 0 saturated carbocycles. The number of carbonyl (C=O) groups excluding carboxylic acids is 1. The molecule has 0 saturated heterocycles. The molecule has 0 aliphatic carbocycles. The first-order chi connectivity index (χ1) is 9.11. The summed E-state index contributed by atoms with van der Waals surface area (Å²) in [5.41, 5.74) is 0. The molecule has 6 heteroatoms. The van der Waals surface area contributed by atoms with Gasteiger partial charge in [-0.25, -0.2) is 0 Å². The van der Waals surface area contributed by atoms with Gasteiger partial charge in [-0.2, -0.15) is 0 Å². The molecule has 0 bridgehead atoms. The maximum atomic E-state index is 11.5. The molecule has 0 fully saturated rings. The van der Waals surface area contributed by atoms with Crippen LogP contribution in [0.1, 0.15) is 0 Å². The topological polar surface area (TPSA) is 61.8 Å².